The van der Waals surface area contributed by atoms with Crippen LogP contribution < -0.4 is 5.32 Å². The second-order valence-electron chi connectivity index (χ2n) is 4.23. The minimum atomic E-state index is -0.305. The van der Waals surface area contributed by atoms with Gasteiger partial charge in [-0.05, 0) is 41.3 Å². The number of nitrogens with zero attached hydrogens (tertiary/aromatic N) is 1. The Morgan fingerprint density at radius 3 is 2.67 bits per heavy atom. The quantitative estimate of drug-likeness (QED) is 0.925. The van der Waals surface area contributed by atoms with Crippen molar-refractivity contribution in [3.8, 4) is 0 Å². The lowest BCUT2D eigenvalue weighted by atomic mass is 10.1. The van der Waals surface area contributed by atoms with Crippen molar-refractivity contribution in [2.24, 2.45) is 0 Å². The maximum atomic E-state index is 11.8. The number of halogens is 1. The summed E-state index contributed by atoms with van der Waals surface area (Å²) in [4.78, 5) is 25.4. The number of nitrogens with one attached hydrogen (secondary N) is 1. The van der Waals surface area contributed by atoms with Crippen molar-refractivity contribution in [2.45, 2.75) is 19.3 Å². The highest BCUT2D eigenvalue weighted by atomic mass is 79.9. The van der Waals surface area contributed by atoms with Crippen molar-refractivity contribution in [2.75, 3.05) is 19.6 Å². The summed E-state index contributed by atoms with van der Waals surface area (Å²) in [6, 6.07) is 1.56. The van der Waals surface area contributed by atoms with Crippen LogP contribution in [0.2, 0.25) is 0 Å². The molecule has 0 aromatic carbocycles. The molecule has 1 fully saturated rings. The Kier molecular flexibility index (Phi) is 4.41. The second-order valence-corrected chi connectivity index (χ2v) is 4.95. The largest absolute Gasteiger partial charge is 0.457 e. The summed E-state index contributed by atoms with van der Waals surface area (Å²) in [5.74, 6) is -0.330. The number of carbonyl (C=O) groups excluding carboxylic acids is 2. The first-order chi connectivity index (χ1) is 8.68. The van der Waals surface area contributed by atoms with Crippen molar-refractivity contribution in [1.82, 2.24) is 10.2 Å². The van der Waals surface area contributed by atoms with E-state index in [4.69, 9.17) is 4.42 Å². The van der Waals surface area contributed by atoms with Crippen LogP contribution in [0.4, 0.5) is 0 Å². The Hall–Kier alpha value is -1.30. The first kappa shape index (κ1) is 13.1. The molecule has 18 heavy (non-hydrogen) atoms. The number of furan rings is 1. The molecule has 0 aliphatic carbocycles. The number of likely N-dealkylation sites (tertiary alicyclic amines) is 1. The third-order valence-electron chi connectivity index (χ3n) is 2.97. The molecule has 5 nitrogen and oxygen atoms in total. The van der Waals surface area contributed by atoms with Crippen molar-refractivity contribution >= 4 is 27.7 Å². The van der Waals surface area contributed by atoms with Crippen LogP contribution in [0.15, 0.2) is 21.4 Å². The smallest absolute Gasteiger partial charge is 0.256 e. The van der Waals surface area contributed by atoms with Gasteiger partial charge in [-0.3, -0.25) is 9.59 Å². The van der Waals surface area contributed by atoms with E-state index in [1.54, 1.807) is 11.0 Å². The highest BCUT2D eigenvalue weighted by Crippen LogP contribution is 2.17. The molecule has 1 aliphatic heterocycles. The molecule has 1 aromatic heterocycles. The lowest BCUT2D eigenvalue weighted by Gasteiger charge is -2.26. The number of piperidine rings is 1. The standard InChI is InChI=1S/C12H15BrN2O3/c13-11-9(4-7-18-11)12(17)14-8-10(16)15-5-2-1-3-6-15/h4,7H,1-3,5-6,8H2,(H,14,17). The lowest BCUT2D eigenvalue weighted by molar-refractivity contribution is -0.130. The normalized spacial score (nSPS) is 15.5. The summed E-state index contributed by atoms with van der Waals surface area (Å²) >= 11 is 3.13. The van der Waals surface area contributed by atoms with E-state index in [1.165, 1.54) is 12.7 Å². The fourth-order valence-corrected chi connectivity index (χ4v) is 2.38. The SMILES string of the molecule is O=C(NCC(=O)N1CCCCC1)c1ccoc1Br. The van der Waals surface area contributed by atoms with E-state index >= 15 is 0 Å². The number of amides is 2. The van der Waals surface area contributed by atoms with Crippen molar-refractivity contribution < 1.29 is 14.0 Å². The molecule has 2 heterocycles. The molecule has 0 radical (unpaired) electrons. The van der Waals surface area contributed by atoms with E-state index in [2.05, 4.69) is 21.2 Å². The Balaban J connectivity index is 1.82. The van der Waals surface area contributed by atoms with Crippen molar-refractivity contribution in [3.05, 3.63) is 22.6 Å². The van der Waals surface area contributed by atoms with Crippen LogP contribution >= 0.6 is 15.9 Å². The van der Waals surface area contributed by atoms with E-state index in [0.717, 1.165) is 25.9 Å². The molecular weight excluding hydrogens is 300 g/mol. The van der Waals surface area contributed by atoms with E-state index in [9.17, 15) is 9.59 Å². The Bertz CT molecular complexity index is 438. The summed E-state index contributed by atoms with van der Waals surface area (Å²) < 4.78 is 5.35. The maximum absolute atomic E-state index is 11.8. The molecule has 0 atom stereocenters. The van der Waals surface area contributed by atoms with Crippen LogP contribution in [0, 0.1) is 0 Å². The molecule has 1 aromatic rings. The monoisotopic (exact) mass is 314 g/mol. The Morgan fingerprint density at radius 2 is 2.06 bits per heavy atom. The van der Waals surface area contributed by atoms with Gasteiger partial charge >= 0.3 is 0 Å². The summed E-state index contributed by atoms with van der Waals surface area (Å²) in [5.41, 5.74) is 0.404. The number of hydrogen-bond acceptors (Lipinski definition) is 3. The van der Waals surface area contributed by atoms with Crippen LogP contribution in [0.5, 0.6) is 0 Å². The Morgan fingerprint density at radius 1 is 1.33 bits per heavy atom. The van der Waals surface area contributed by atoms with Gasteiger partial charge in [-0.25, -0.2) is 0 Å². The third-order valence-corrected chi connectivity index (χ3v) is 3.59. The van der Waals surface area contributed by atoms with E-state index in [-0.39, 0.29) is 18.4 Å². The van der Waals surface area contributed by atoms with Gasteiger partial charge < -0.3 is 14.6 Å². The molecule has 0 unspecified atom stereocenters. The van der Waals surface area contributed by atoms with Gasteiger partial charge in [-0.15, -0.1) is 0 Å². The zero-order valence-corrected chi connectivity index (χ0v) is 11.5. The topological polar surface area (TPSA) is 62.6 Å². The average Bonchev–Trinajstić information content (AvgIpc) is 2.83. The van der Waals surface area contributed by atoms with Crippen LogP contribution in [0.3, 0.4) is 0 Å². The molecule has 2 amide bonds. The highest BCUT2D eigenvalue weighted by molar-refractivity contribution is 9.10. The minimum Gasteiger partial charge on any atom is -0.457 e. The molecule has 1 N–H and O–H groups in total. The van der Waals surface area contributed by atoms with Gasteiger partial charge in [0.25, 0.3) is 5.91 Å². The van der Waals surface area contributed by atoms with Gasteiger partial charge in [0.2, 0.25) is 5.91 Å². The second kappa shape index (κ2) is 6.04. The predicted molar refractivity (Wildman–Crippen MR) is 69.2 cm³/mol. The van der Waals surface area contributed by atoms with E-state index in [1.807, 2.05) is 0 Å². The van der Waals surface area contributed by atoms with Crippen molar-refractivity contribution in [3.63, 3.8) is 0 Å². The van der Waals surface area contributed by atoms with Crippen LogP contribution in [-0.2, 0) is 4.79 Å². The molecule has 1 aliphatic rings. The van der Waals surface area contributed by atoms with Gasteiger partial charge in [0.1, 0.15) is 0 Å². The first-order valence-corrected chi connectivity index (χ1v) is 6.77. The van der Waals surface area contributed by atoms with E-state index < -0.39 is 0 Å². The molecule has 0 bridgehead atoms. The van der Waals surface area contributed by atoms with Gasteiger partial charge in [0.15, 0.2) is 4.67 Å². The molecule has 6 heteroatoms. The molecule has 0 saturated carbocycles. The van der Waals surface area contributed by atoms with Gasteiger partial charge in [0, 0.05) is 13.1 Å². The van der Waals surface area contributed by atoms with Gasteiger partial charge in [-0.2, -0.15) is 0 Å². The minimum absolute atomic E-state index is 0.0253. The summed E-state index contributed by atoms with van der Waals surface area (Å²) in [6.07, 6.45) is 4.70. The highest BCUT2D eigenvalue weighted by Gasteiger charge is 2.18. The fourth-order valence-electron chi connectivity index (χ4n) is 1.96. The third kappa shape index (κ3) is 3.13. The Labute approximate surface area is 114 Å². The maximum Gasteiger partial charge on any atom is 0.256 e. The molecular formula is C12H15BrN2O3. The zero-order valence-electron chi connectivity index (χ0n) is 9.95. The number of hydrogen-bond donors (Lipinski definition) is 1. The summed E-state index contributed by atoms with van der Waals surface area (Å²) in [5, 5.41) is 2.60. The van der Waals surface area contributed by atoms with Gasteiger partial charge in [-0.1, -0.05) is 0 Å². The summed E-state index contributed by atoms with van der Waals surface area (Å²) in [6.45, 7) is 1.63. The van der Waals surface area contributed by atoms with E-state index in [0.29, 0.717) is 10.2 Å². The predicted octanol–water partition coefficient (Wildman–Crippen LogP) is 1.78. The number of carbonyl (C=O) groups is 2. The molecule has 1 saturated heterocycles. The molecule has 2 rings (SSSR count). The van der Waals surface area contributed by atoms with Crippen LogP contribution in [0.25, 0.3) is 0 Å². The van der Waals surface area contributed by atoms with Gasteiger partial charge in [0.05, 0.1) is 18.4 Å². The molecule has 0 spiro atoms. The zero-order chi connectivity index (χ0) is 13.0. The average molecular weight is 315 g/mol. The molecule has 98 valence electrons. The van der Waals surface area contributed by atoms with Crippen LogP contribution in [0.1, 0.15) is 29.6 Å². The first-order valence-electron chi connectivity index (χ1n) is 5.97. The van der Waals surface area contributed by atoms with Crippen LogP contribution in [-0.4, -0.2) is 36.3 Å². The fraction of sp³-hybridized carbons (Fsp3) is 0.500. The summed E-state index contributed by atoms with van der Waals surface area (Å²) in [7, 11) is 0. The van der Waals surface area contributed by atoms with Crippen molar-refractivity contribution in [1.29, 1.82) is 0 Å². The number of rotatable bonds is 3. The lowest BCUT2D eigenvalue weighted by Crippen LogP contribution is -2.42.